The van der Waals surface area contributed by atoms with E-state index in [2.05, 4.69) is 95.2 Å². The number of piperidine rings is 1. The first kappa shape index (κ1) is 37.1. The van der Waals surface area contributed by atoms with Gasteiger partial charge in [0.25, 0.3) is 0 Å². The van der Waals surface area contributed by atoms with E-state index in [9.17, 15) is 14.4 Å². The van der Waals surface area contributed by atoms with Gasteiger partial charge in [0, 0.05) is 55.5 Å². The summed E-state index contributed by atoms with van der Waals surface area (Å²) >= 11 is 1.81. The van der Waals surface area contributed by atoms with Crippen LogP contribution in [0.1, 0.15) is 67.3 Å². The van der Waals surface area contributed by atoms with Gasteiger partial charge in [0.15, 0.2) is 17.6 Å². The van der Waals surface area contributed by atoms with Crippen LogP contribution in [-0.4, -0.2) is 66.4 Å². The topological polar surface area (TPSA) is 94.2 Å². The fourth-order valence-electron chi connectivity index (χ4n) is 9.73. The molecule has 1 spiro atoms. The molecular weight excluding hydrogens is 709 g/mol. The van der Waals surface area contributed by atoms with Gasteiger partial charge in [-0.3, -0.25) is 19.3 Å². The zero-order chi connectivity index (χ0) is 38.0. The van der Waals surface area contributed by atoms with E-state index in [-0.39, 0.29) is 35.4 Å². The highest BCUT2D eigenvalue weighted by atomic mass is 32.2. The Balaban J connectivity index is 0.894. The van der Waals surface area contributed by atoms with E-state index < -0.39 is 16.8 Å². The highest BCUT2D eigenvalue weighted by Crippen LogP contribution is 2.63. The third-order valence-corrected chi connectivity index (χ3v) is 13.4. The molecule has 0 aromatic heterocycles. The molecule has 55 heavy (non-hydrogen) atoms. The quantitative estimate of drug-likeness (QED) is 0.0469. The van der Waals surface area contributed by atoms with E-state index in [4.69, 9.17) is 14.2 Å². The van der Waals surface area contributed by atoms with E-state index in [0.29, 0.717) is 30.2 Å². The number of nitrogens with zero attached hydrogens (tertiary/aromatic N) is 1. The molecule has 1 saturated heterocycles. The summed E-state index contributed by atoms with van der Waals surface area (Å²) in [6, 6.07) is 35.9. The van der Waals surface area contributed by atoms with Crippen LogP contribution in [0.3, 0.4) is 0 Å². The summed E-state index contributed by atoms with van der Waals surface area (Å²) in [4.78, 5) is 39.9. The van der Waals surface area contributed by atoms with E-state index in [1.807, 2.05) is 42.1 Å². The monoisotopic (exact) mass is 756 g/mol. The average Bonchev–Trinajstić information content (AvgIpc) is 3.55. The fourth-order valence-corrected chi connectivity index (χ4v) is 11.2. The maximum atomic E-state index is 13.2. The molecule has 0 saturated carbocycles. The lowest BCUT2D eigenvalue weighted by Gasteiger charge is -2.57. The zero-order valence-corrected chi connectivity index (χ0v) is 32.3. The summed E-state index contributed by atoms with van der Waals surface area (Å²) < 4.78 is 17.6. The molecule has 2 bridgehead atoms. The first-order valence-corrected chi connectivity index (χ1v) is 20.5. The van der Waals surface area contributed by atoms with Crippen LogP contribution in [0.2, 0.25) is 0 Å². The van der Waals surface area contributed by atoms with Crippen LogP contribution in [0.15, 0.2) is 115 Å². The molecule has 1 amide bonds. The van der Waals surface area contributed by atoms with Crippen LogP contribution in [0.5, 0.6) is 11.5 Å². The van der Waals surface area contributed by atoms with Crippen molar-refractivity contribution in [2.45, 2.75) is 74.4 Å². The highest BCUT2D eigenvalue weighted by molar-refractivity contribution is 8.00. The van der Waals surface area contributed by atoms with Crippen molar-refractivity contribution in [1.29, 1.82) is 0 Å². The number of ether oxygens (including phenoxy) is 3. The van der Waals surface area contributed by atoms with Gasteiger partial charge in [-0.2, -0.15) is 0 Å². The first-order chi connectivity index (χ1) is 26.8. The minimum atomic E-state index is -0.516. The number of esters is 2. The smallest absolute Gasteiger partial charge is 0.308 e. The number of unbranched alkanes of at least 4 members (excludes halogenated alkanes) is 1. The summed E-state index contributed by atoms with van der Waals surface area (Å²) in [5, 5.41) is 3.20. The molecule has 4 aliphatic rings. The van der Waals surface area contributed by atoms with Crippen LogP contribution in [0.25, 0.3) is 0 Å². The molecule has 1 fully saturated rings. The Hall–Kier alpha value is -4.86. The van der Waals surface area contributed by atoms with Gasteiger partial charge in [-0.15, -0.1) is 11.8 Å². The second-order valence-electron chi connectivity index (χ2n) is 15.1. The second kappa shape index (κ2) is 15.7. The summed E-state index contributed by atoms with van der Waals surface area (Å²) in [5.41, 5.74) is 5.54. The second-order valence-corrected chi connectivity index (χ2v) is 16.4. The van der Waals surface area contributed by atoms with E-state index in [1.54, 1.807) is 0 Å². The molecule has 0 radical (unpaired) electrons. The molecule has 1 N–H and O–H groups in total. The van der Waals surface area contributed by atoms with E-state index >= 15 is 0 Å². The SMILES string of the molecule is CC(=O)Oc1ccc2c3c1O[C@H]1[C@@H](OC(C)=O)C=C[C@H]4[C@@H](C2)N(CCCCNC(=O)CCSC(c2ccccc2)(c2ccccc2)c2ccccc2)CC[C@@]341. The molecule has 8 rings (SSSR count). The summed E-state index contributed by atoms with van der Waals surface area (Å²) in [5.74, 6) is 1.23. The Bertz CT molecular complexity index is 1960. The maximum absolute atomic E-state index is 13.2. The van der Waals surface area contributed by atoms with E-state index in [0.717, 1.165) is 44.3 Å². The molecule has 4 aromatic carbocycles. The average molecular weight is 757 g/mol. The molecule has 8 nitrogen and oxygen atoms in total. The number of thioether (sulfide) groups is 1. The van der Waals surface area contributed by atoms with Crippen molar-refractivity contribution in [1.82, 2.24) is 10.2 Å². The number of amides is 1. The zero-order valence-electron chi connectivity index (χ0n) is 31.4. The normalized spacial score (nSPS) is 23.3. The summed E-state index contributed by atoms with van der Waals surface area (Å²) in [7, 11) is 0. The number of nitrogens with one attached hydrogen (secondary N) is 1. The lowest BCUT2D eigenvalue weighted by atomic mass is 9.53. The maximum Gasteiger partial charge on any atom is 0.308 e. The number of likely N-dealkylation sites (tertiary alicyclic amines) is 1. The summed E-state index contributed by atoms with van der Waals surface area (Å²) in [6.07, 6.45) is 7.32. The van der Waals surface area contributed by atoms with Crippen molar-refractivity contribution in [2.75, 3.05) is 25.4 Å². The Morgan fingerprint density at radius 2 is 1.51 bits per heavy atom. The Labute approximate surface area is 327 Å². The van der Waals surface area contributed by atoms with Crippen LogP contribution < -0.4 is 14.8 Å². The van der Waals surface area contributed by atoms with Crippen LogP contribution in [0.4, 0.5) is 0 Å². The molecule has 4 aromatic rings. The Morgan fingerprint density at radius 3 is 2.13 bits per heavy atom. The molecule has 284 valence electrons. The van der Waals surface area contributed by atoms with Gasteiger partial charge in [-0.25, -0.2) is 0 Å². The van der Waals surface area contributed by atoms with Crippen molar-refractivity contribution in [3.63, 3.8) is 0 Å². The molecule has 9 heteroatoms. The number of hydrogen-bond donors (Lipinski definition) is 1. The molecule has 5 atom stereocenters. The largest absolute Gasteiger partial charge is 0.481 e. The summed E-state index contributed by atoms with van der Waals surface area (Å²) in [6.45, 7) is 5.27. The molecule has 2 aliphatic carbocycles. The van der Waals surface area contributed by atoms with Gasteiger partial charge in [0.2, 0.25) is 5.91 Å². The molecule has 2 aliphatic heterocycles. The van der Waals surface area contributed by atoms with Crippen LogP contribution >= 0.6 is 11.8 Å². The minimum Gasteiger partial charge on any atom is -0.481 e. The molecular formula is C46H48N2O6S. The highest BCUT2D eigenvalue weighted by Gasteiger charge is 2.65. The van der Waals surface area contributed by atoms with Gasteiger partial charge in [-0.05, 0) is 73.2 Å². The van der Waals surface area contributed by atoms with Crippen LogP contribution in [0, 0.1) is 5.92 Å². The lowest BCUT2D eigenvalue weighted by molar-refractivity contribution is -0.152. The number of hydrogen-bond acceptors (Lipinski definition) is 8. The number of benzene rings is 4. The number of carbonyl (C=O) groups excluding carboxylic acids is 3. The predicted molar refractivity (Wildman–Crippen MR) is 214 cm³/mol. The Morgan fingerprint density at radius 1 is 0.855 bits per heavy atom. The standard InChI is InChI=1S/C46H48N2O6S/c1-31(49)52-39-22-20-33-30-38-37-21-23-40(53-32(2)50)44-45(37,42(33)43(39)54-44)25-28-48(38)27-13-12-26-47-41(51)24-29-55-46(34-14-6-3-7-15-34,35-16-8-4-9-17-35)36-18-10-5-11-19-36/h3-11,14-23,37-38,40,44H,12-13,24-30H2,1-2H3,(H,47,51)/t37-,38+,40-,44-,45-/m0/s1. The first-order valence-electron chi connectivity index (χ1n) is 19.5. The number of carbonyl (C=O) groups is 3. The Kier molecular flexibility index (Phi) is 10.6. The van der Waals surface area contributed by atoms with Gasteiger partial charge in [0.05, 0.1) is 4.75 Å². The van der Waals surface area contributed by atoms with Crippen molar-refractivity contribution in [3.8, 4) is 11.5 Å². The van der Waals surface area contributed by atoms with Crippen molar-refractivity contribution in [3.05, 3.63) is 143 Å². The van der Waals surface area contributed by atoms with E-state index in [1.165, 1.54) is 36.1 Å². The lowest BCUT2D eigenvalue weighted by Crippen LogP contribution is -2.65. The minimum absolute atomic E-state index is 0.0743. The van der Waals surface area contributed by atoms with Crippen molar-refractivity contribution < 1.29 is 28.6 Å². The fraction of sp³-hybridized carbons (Fsp3) is 0.370. The van der Waals surface area contributed by atoms with Gasteiger partial charge in [0.1, 0.15) is 6.10 Å². The van der Waals surface area contributed by atoms with Gasteiger partial charge in [-0.1, -0.05) is 103 Å². The third kappa shape index (κ3) is 6.86. The van der Waals surface area contributed by atoms with Gasteiger partial charge >= 0.3 is 11.9 Å². The third-order valence-electron chi connectivity index (χ3n) is 11.9. The van der Waals surface area contributed by atoms with Crippen molar-refractivity contribution >= 4 is 29.6 Å². The number of rotatable bonds is 14. The van der Waals surface area contributed by atoms with Crippen molar-refractivity contribution in [2.24, 2.45) is 5.92 Å². The van der Waals surface area contributed by atoms with Crippen LogP contribution in [-0.2, 0) is 35.7 Å². The van der Waals surface area contributed by atoms with Gasteiger partial charge < -0.3 is 19.5 Å². The molecule has 2 heterocycles. The predicted octanol–water partition coefficient (Wildman–Crippen LogP) is 7.37. The molecule has 0 unspecified atom stereocenters.